The Balaban J connectivity index is 1.62. The van der Waals surface area contributed by atoms with Crippen molar-refractivity contribution in [2.24, 2.45) is 0 Å². The van der Waals surface area contributed by atoms with Crippen molar-refractivity contribution in [1.82, 2.24) is 14.5 Å². The third-order valence-corrected chi connectivity index (χ3v) is 6.94. The van der Waals surface area contributed by atoms with Gasteiger partial charge in [0.2, 0.25) is 0 Å². The van der Waals surface area contributed by atoms with Crippen molar-refractivity contribution >= 4 is 22.6 Å². The standard InChI is InChI=1S/C33H32N4O3/c1-3-30(31-35-29-20-11-10-19-28(29)32(38)37(31)26-16-8-5-9-17-26)36(22-21-24-13-6-4-7-14-24)33(39)34-25-15-12-18-27(23-25)40-2/h4-20,23,30H,3,21-22H2,1-2H3,(H,34,39). The lowest BCUT2D eigenvalue weighted by Gasteiger charge is -2.32. The second-order valence-electron chi connectivity index (χ2n) is 9.48. The summed E-state index contributed by atoms with van der Waals surface area (Å²) in [6, 6.07) is 33.4. The van der Waals surface area contributed by atoms with Crippen LogP contribution in [0.5, 0.6) is 5.75 Å². The molecule has 0 bridgehead atoms. The lowest BCUT2D eigenvalue weighted by Crippen LogP contribution is -2.42. The zero-order chi connectivity index (χ0) is 27.9. The number of nitrogens with one attached hydrogen (secondary N) is 1. The molecule has 7 nitrogen and oxygen atoms in total. The Kier molecular flexibility index (Phi) is 8.21. The van der Waals surface area contributed by atoms with E-state index in [1.807, 2.05) is 104 Å². The van der Waals surface area contributed by atoms with Gasteiger partial charge in [0, 0.05) is 18.3 Å². The summed E-state index contributed by atoms with van der Waals surface area (Å²) in [7, 11) is 1.59. The number of ether oxygens (including phenoxy) is 1. The van der Waals surface area contributed by atoms with Crippen LogP contribution < -0.4 is 15.6 Å². The van der Waals surface area contributed by atoms with Crippen molar-refractivity contribution in [3.63, 3.8) is 0 Å². The fourth-order valence-electron chi connectivity index (χ4n) is 4.93. The number of rotatable bonds is 9. The summed E-state index contributed by atoms with van der Waals surface area (Å²) in [5.41, 5.74) is 2.88. The Morgan fingerprint density at radius 3 is 2.35 bits per heavy atom. The SMILES string of the molecule is CCC(c1nc2ccccc2c(=O)n1-c1ccccc1)N(CCc1ccccc1)C(=O)Nc1cccc(OC)c1. The molecule has 0 spiro atoms. The summed E-state index contributed by atoms with van der Waals surface area (Å²) in [6.07, 6.45) is 1.20. The zero-order valence-corrected chi connectivity index (χ0v) is 22.7. The topological polar surface area (TPSA) is 76.5 Å². The highest BCUT2D eigenvalue weighted by molar-refractivity contribution is 5.90. The minimum absolute atomic E-state index is 0.165. The predicted octanol–water partition coefficient (Wildman–Crippen LogP) is 6.62. The molecule has 1 heterocycles. The van der Waals surface area contributed by atoms with Crippen molar-refractivity contribution in [3.05, 3.63) is 131 Å². The normalized spacial score (nSPS) is 11.7. The summed E-state index contributed by atoms with van der Waals surface area (Å²) >= 11 is 0. The number of carbonyl (C=O) groups excluding carboxylic acids is 1. The highest BCUT2D eigenvalue weighted by atomic mass is 16.5. The number of hydrogen-bond donors (Lipinski definition) is 1. The van der Waals surface area contributed by atoms with Crippen LogP contribution in [0.1, 0.15) is 30.8 Å². The average molecular weight is 533 g/mol. The first kappa shape index (κ1) is 26.7. The number of urea groups is 1. The van der Waals surface area contributed by atoms with Crippen LogP contribution >= 0.6 is 0 Å². The van der Waals surface area contributed by atoms with E-state index in [4.69, 9.17) is 9.72 Å². The van der Waals surface area contributed by atoms with Gasteiger partial charge in [0.05, 0.1) is 29.7 Å². The van der Waals surface area contributed by atoms with E-state index in [9.17, 15) is 9.59 Å². The second-order valence-corrected chi connectivity index (χ2v) is 9.48. The number of carbonyl (C=O) groups is 1. The zero-order valence-electron chi connectivity index (χ0n) is 22.7. The Labute approximate surface area is 233 Å². The lowest BCUT2D eigenvalue weighted by molar-refractivity contribution is 0.182. The molecular weight excluding hydrogens is 500 g/mol. The maximum absolute atomic E-state index is 14.0. The molecule has 1 N–H and O–H groups in total. The van der Waals surface area contributed by atoms with E-state index in [-0.39, 0.29) is 11.6 Å². The van der Waals surface area contributed by atoms with Gasteiger partial charge in [0.25, 0.3) is 5.56 Å². The quantitative estimate of drug-likeness (QED) is 0.231. The van der Waals surface area contributed by atoms with E-state index < -0.39 is 6.04 Å². The van der Waals surface area contributed by atoms with E-state index in [0.717, 1.165) is 5.56 Å². The van der Waals surface area contributed by atoms with Gasteiger partial charge in [-0.25, -0.2) is 9.78 Å². The van der Waals surface area contributed by atoms with Crippen LogP contribution in [0.3, 0.4) is 0 Å². The number of amides is 2. The van der Waals surface area contributed by atoms with Crippen molar-refractivity contribution < 1.29 is 9.53 Å². The van der Waals surface area contributed by atoms with E-state index in [0.29, 0.717) is 53.2 Å². The van der Waals surface area contributed by atoms with Crippen LogP contribution in [0.4, 0.5) is 10.5 Å². The molecule has 0 radical (unpaired) electrons. The molecule has 7 heteroatoms. The summed E-state index contributed by atoms with van der Waals surface area (Å²) in [6.45, 7) is 2.44. The molecular formula is C33H32N4O3. The van der Waals surface area contributed by atoms with Crippen LogP contribution in [0.25, 0.3) is 16.6 Å². The van der Waals surface area contributed by atoms with Gasteiger partial charge in [-0.2, -0.15) is 0 Å². The van der Waals surface area contributed by atoms with Crippen LogP contribution in [-0.2, 0) is 6.42 Å². The monoisotopic (exact) mass is 532 g/mol. The molecule has 5 aromatic rings. The molecule has 5 rings (SSSR count). The molecule has 2 amide bonds. The van der Waals surface area contributed by atoms with Gasteiger partial charge >= 0.3 is 6.03 Å². The minimum atomic E-state index is -0.480. The molecule has 0 aliphatic heterocycles. The molecule has 1 unspecified atom stereocenters. The molecule has 0 aliphatic carbocycles. The number of aromatic nitrogens is 2. The van der Waals surface area contributed by atoms with Gasteiger partial charge in [0.1, 0.15) is 11.6 Å². The second kappa shape index (κ2) is 12.3. The Hall–Kier alpha value is -4.91. The maximum atomic E-state index is 14.0. The first-order valence-corrected chi connectivity index (χ1v) is 13.4. The highest BCUT2D eigenvalue weighted by Crippen LogP contribution is 2.28. The number of methoxy groups -OCH3 is 1. The fourth-order valence-corrected chi connectivity index (χ4v) is 4.93. The molecule has 1 aromatic heterocycles. The molecule has 0 fully saturated rings. The molecule has 1 atom stereocenters. The summed E-state index contributed by atoms with van der Waals surface area (Å²) in [5, 5.41) is 3.57. The van der Waals surface area contributed by atoms with Crippen LogP contribution in [-0.4, -0.2) is 34.1 Å². The van der Waals surface area contributed by atoms with Crippen molar-refractivity contribution in [2.45, 2.75) is 25.8 Å². The molecule has 4 aromatic carbocycles. The Morgan fingerprint density at radius 1 is 0.925 bits per heavy atom. The van der Waals surface area contributed by atoms with Crippen LogP contribution in [0, 0.1) is 0 Å². The smallest absolute Gasteiger partial charge is 0.322 e. The van der Waals surface area contributed by atoms with E-state index >= 15 is 0 Å². The van der Waals surface area contributed by atoms with Gasteiger partial charge < -0.3 is 15.0 Å². The van der Waals surface area contributed by atoms with Gasteiger partial charge in [0.15, 0.2) is 0 Å². The average Bonchev–Trinajstić information content (AvgIpc) is 3.00. The molecule has 0 aliphatic rings. The predicted molar refractivity (Wildman–Crippen MR) is 159 cm³/mol. The van der Waals surface area contributed by atoms with Gasteiger partial charge in [-0.15, -0.1) is 0 Å². The summed E-state index contributed by atoms with van der Waals surface area (Å²) in [4.78, 5) is 34.6. The number of nitrogens with zero attached hydrogens (tertiary/aromatic N) is 3. The summed E-state index contributed by atoms with van der Waals surface area (Å²) < 4.78 is 6.99. The Morgan fingerprint density at radius 2 is 1.62 bits per heavy atom. The van der Waals surface area contributed by atoms with E-state index in [1.165, 1.54) is 0 Å². The largest absolute Gasteiger partial charge is 0.497 e. The van der Waals surface area contributed by atoms with Crippen molar-refractivity contribution in [2.75, 3.05) is 19.0 Å². The number of benzene rings is 4. The number of anilines is 1. The van der Waals surface area contributed by atoms with Gasteiger partial charge in [-0.3, -0.25) is 9.36 Å². The molecule has 40 heavy (non-hydrogen) atoms. The van der Waals surface area contributed by atoms with Crippen LogP contribution in [0.2, 0.25) is 0 Å². The number of hydrogen-bond acceptors (Lipinski definition) is 4. The highest BCUT2D eigenvalue weighted by Gasteiger charge is 2.29. The third-order valence-electron chi connectivity index (χ3n) is 6.94. The maximum Gasteiger partial charge on any atom is 0.322 e. The fraction of sp³-hybridized carbons (Fsp3) is 0.182. The Bertz CT molecular complexity index is 1650. The molecule has 202 valence electrons. The molecule has 0 saturated carbocycles. The van der Waals surface area contributed by atoms with E-state index in [2.05, 4.69) is 5.32 Å². The van der Waals surface area contributed by atoms with Crippen molar-refractivity contribution in [1.29, 1.82) is 0 Å². The van der Waals surface area contributed by atoms with Crippen molar-refractivity contribution in [3.8, 4) is 11.4 Å². The first-order valence-electron chi connectivity index (χ1n) is 13.4. The third kappa shape index (κ3) is 5.73. The van der Waals surface area contributed by atoms with Crippen LogP contribution in [0.15, 0.2) is 114 Å². The van der Waals surface area contributed by atoms with Gasteiger partial charge in [-0.05, 0) is 54.8 Å². The van der Waals surface area contributed by atoms with E-state index in [1.54, 1.807) is 28.7 Å². The minimum Gasteiger partial charge on any atom is -0.497 e. The lowest BCUT2D eigenvalue weighted by atomic mass is 10.1. The summed E-state index contributed by atoms with van der Waals surface area (Å²) in [5.74, 6) is 1.17. The first-order chi connectivity index (χ1) is 19.6. The number of para-hydroxylation sites is 2. The molecule has 0 saturated heterocycles. The van der Waals surface area contributed by atoms with Gasteiger partial charge in [-0.1, -0.05) is 73.7 Å². The number of fused-ring (bicyclic) bond motifs is 1.